The molecule has 0 saturated carbocycles. The number of rotatable bonds is 2. The lowest BCUT2D eigenvalue weighted by molar-refractivity contribution is 0.0909. The summed E-state index contributed by atoms with van der Waals surface area (Å²) in [5.41, 5.74) is 3.06. The van der Waals surface area contributed by atoms with Gasteiger partial charge >= 0.3 is 0 Å². The van der Waals surface area contributed by atoms with Gasteiger partial charge in [-0.1, -0.05) is 38.5 Å². The molecule has 2 heteroatoms. The quantitative estimate of drug-likeness (QED) is 0.832. The molecule has 1 amide bonds. The van der Waals surface area contributed by atoms with Gasteiger partial charge in [0.25, 0.3) is 5.91 Å². The van der Waals surface area contributed by atoms with E-state index in [-0.39, 0.29) is 17.4 Å². The van der Waals surface area contributed by atoms with Crippen molar-refractivity contribution in [1.82, 2.24) is 5.32 Å². The van der Waals surface area contributed by atoms with E-state index in [2.05, 4.69) is 26.1 Å². The molecule has 0 bridgehead atoms. The van der Waals surface area contributed by atoms with Gasteiger partial charge in [0, 0.05) is 11.6 Å². The van der Waals surface area contributed by atoms with Crippen molar-refractivity contribution in [2.24, 2.45) is 5.41 Å². The molecule has 17 heavy (non-hydrogen) atoms. The number of carbonyl (C=O) groups excluding carboxylic acids is 1. The zero-order chi connectivity index (χ0) is 13.2. The summed E-state index contributed by atoms with van der Waals surface area (Å²) in [4.78, 5) is 12.1. The van der Waals surface area contributed by atoms with Crippen LogP contribution in [0.25, 0.3) is 0 Å². The van der Waals surface area contributed by atoms with Gasteiger partial charge in [-0.15, -0.1) is 0 Å². The first-order valence-electron chi connectivity index (χ1n) is 6.10. The minimum atomic E-state index is 0.0184. The fourth-order valence-corrected chi connectivity index (χ4v) is 1.56. The van der Waals surface area contributed by atoms with Gasteiger partial charge in [-0.2, -0.15) is 0 Å². The van der Waals surface area contributed by atoms with E-state index in [0.717, 1.165) is 11.1 Å². The third-order valence-electron chi connectivity index (χ3n) is 3.27. The van der Waals surface area contributed by atoms with Crippen molar-refractivity contribution in [3.8, 4) is 0 Å². The molecule has 1 aromatic carbocycles. The Morgan fingerprint density at radius 2 is 1.82 bits per heavy atom. The van der Waals surface area contributed by atoms with Crippen LogP contribution in [0.15, 0.2) is 18.2 Å². The average Bonchev–Trinajstić information content (AvgIpc) is 2.15. The molecule has 0 aliphatic carbocycles. The van der Waals surface area contributed by atoms with Crippen molar-refractivity contribution in [3.63, 3.8) is 0 Å². The molecule has 1 rings (SSSR count). The average molecular weight is 233 g/mol. The molecule has 0 aliphatic heterocycles. The zero-order valence-corrected chi connectivity index (χ0v) is 11.7. The Labute approximate surface area is 104 Å². The minimum absolute atomic E-state index is 0.0184. The third kappa shape index (κ3) is 3.58. The van der Waals surface area contributed by atoms with Gasteiger partial charge in [0.15, 0.2) is 0 Å². The Bertz CT molecular complexity index is 415. The first kappa shape index (κ1) is 13.8. The third-order valence-corrected chi connectivity index (χ3v) is 3.27. The van der Waals surface area contributed by atoms with Gasteiger partial charge in [0.05, 0.1) is 0 Å². The topological polar surface area (TPSA) is 29.1 Å². The summed E-state index contributed by atoms with van der Waals surface area (Å²) in [5, 5.41) is 3.06. The normalized spacial score (nSPS) is 13.3. The second-order valence-electron chi connectivity index (χ2n) is 5.88. The lowest BCUT2D eigenvalue weighted by Gasteiger charge is -2.28. The molecule has 2 nitrogen and oxygen atoms in total. The van der Waals surface area contributed by atoms with E-state index < -0.39 is 0 Å². The predicted octanol–water partition coefficient (Wildman–Crippen LogP) is 3.47. The molecule has 0 fully saturated rings. The summed E-state index contributed by atoms with van der Waals surface area (Å²) in [6.45, 7) is 12.4. The van der Waals surface area contributed by atoms with Crippen LogP contribution in [0.2, 0.25) is 0 Å². The Hall–Kier alpha value is -1.31. The van der Waals surface area contributed by atoms with Crippen LogP contribution in [0, 0.1) is 19.3 Å². The number of amides is 1. The smallest absolute Gasteiger partial charge is 0.251 e. The maximum absolute atomic E-state index is 12.1. The van der Waals surface area contributed by atoms with E-state index in [4.69, 9.17) is 0 Å². The van der Waals surface area contributed by atoms with E-state index in [0.29, 0.717) is 0 Å². The van der Waals surface area contributed by atoms with E-state index >= 15 is 0 Å². The van der Waals surface area contributed by atoms with Crippen LogP contribution in [0.5, 0.6) is 0 Å². The highest BCUT2D eigenvalue weighted by atomic mass is 16.1. The maximum atomic E-state index is 12.1. The maximum Gasteiger partial charge on any atom is 0.251 e. The molecule has 0 unspecified atom stereocenters. The van der Waals surface area contributed by atoms with E-state index in [9.17, 15) is 4.79 Å². The second kappa shape index (κ2) is 4.91. The molecular formula is C15H23NO. The van der Waals surface area contributed by atoms with Crippen molar-refractivity contribution in [2.45, 2.75) is 47.6 Å². The fourth-order valence-electron chi connectivity index (χ4n) is 1.56. The first-order valence-corrected chi connectivity index (χ1v) is 6.10. The lowest BCUT2D eigenvalue weighted by Crippen LogP contribution is -2.41. The van der Waals surface area contributed by atoms with E-state index in [1.54, 1.807) is 0 Å². The Morgan fingerprint density at radius 1 is 1.24 bits per heavy atom. The van der Waals surface area contributed by atoms with Gasteiger partial charge in [-0.25, -0.2) is 0 Å². The standard InChI is InChI=1S/C15H23NO/c1-10-7-8-13(11(2)9-10)14(17)16-12(3)15(4,5)6/h7-9,12H,1-6H3,(H,16,17)/t12-/m1/s1. The minimum Gasteiger partial charge on any atom is -0.349 e. The molecule has 0 heterocycles. The lowest BCUT2D eigenvalue weighted by atomic mass is 9.88. The molecule has 0 saturated heterocycles. The number of hydrogen-bond acceptors (Lipinski definition) is 1. The van der Waals surface area contributed by atoms with Crippen molar-refractivity contribution < 1.29 is 4.79 Å². The second-order valence-corrected chi connectivity index (χ2v) is 5.88. The number of aryl methyl sites for hydroxylation is 2. The molecule has 0 radical (unpaired) electrons. The molecule has 0 spiro atoms. The van der Waals surface area contributed by atoms with Gasteiger partial charge < -0.3 is 5.32 Å². The number of nitrogens with one attached hydrogen (secondary N) is 1. The summed E-state index contributed by atoms with van der Waals surface area (Å²) >= 11 is 0. The largest absolute Gasteiger partial charge is 0.349 e. The molecular weight excluding hydrogens is 210 g/mol. The van der Waals surface area contributed by atoms with Crippen LogP contribution in [0.4, 0.5) is 0 Å². The van der Waals surface area contributed by atoms with Gasteiger partial charge in [0.1, 0.15) is 0 Å². The molecule has 1 aromatic rings. The summed E-state index contributed by atoms with van der Waals surface area (Å²) in [6.07, 6.45) is 0. The molecule has 0 aromatic heterocycles. The monoisotopic (exact) mass is 233 g/mol. The van der Waals surface area contributed by atoms with Gasteiger partial charge in [-0.3, -0.25) is 4.79 Å². The summed E-state index contributed by atoms with van der Waals surface area (Å²) in [6, 6.07) is 6.06. The highest BCUT2D eigenvalue weighted by molar-refractivity contribution is 5.95. The van der Waals surface area contributed by atoms with Crippen molar-refractivity contribution >= 4 is 5.91 Å². The summed E-state index contributed by atoms with van der Waals surface area (Å²) < 4.78 is 0. The Morgan fingerprint density at radius 3 is 2.29 bits per heavy atom. The number of benzene rings is 1. The fraction of sp³-hybridized carbons (Fsp3) is 0.533. The number of hydrogen-bond donors (Lipinski definition) is 1. The van der Waals surface area contributed by atoms with E-state index in [1.165, 1.54) is 5.56 Å². The van der Waals surface area contributed by atoms with Crippen molar-refractivity contribution in [1.29, 1.82) is 0 Å². The molecule has 1 atom stereocenters. The van der Waals surface area contributed by atoms with E-state index in [1.807, 2.05) is 39.0 Å². The highest BCUT2D eigenvalue weighted by Gasteiger charge is 2.22. The predicted molar refractivity (Wildman–Crippen MR) is 72.3 cm³/mol. The van der Waals surface area contributed by atoms with Crippen LogP contribution in [0.1, 0.15) is 49.2 Å². The van der Waals surface area contributed by atoms with Crippen molar-refractivity contribution in [2.75, 3.05) is 0 Å². The van der Waals surface area contributed by atoms with Crippen LogP contribution < -0.4 is 5.32 Å². The Balaban J connectivity index is 2.84. The molecule has 1 N–H and O–H groups in total. The first-order chi connectivity index (χ1) is 7.71. The summed E-state index contributed by atoms with van der Waals surface area (Å²) in [7, 11) is 0. The summed E-state index contributed by atoms with van der Waals surface area (Å²) in [5.74, 6) is 0.0184. The molecule has 0 aliphatic rings. The number of carbonyl (C=O) groups is 1. The van der Waals surface area contributed by atoms with Crippen LogP contribution in [0.3, 0.4) is 0 Å². The van der Waals surface area contributed by atoms with Gasteiger partial charge in [0.2, 0.25) is 0 Å². The SMILES string of the molecule is Cc1ccc(C(=O)N[C@H](C)C(C)(C)C)c(C)c1. The van der Waals surface area contributed by atoms with Gasteiger partial charge in [-0.05, 0) is 37.8 Å². The zero-order valence-electron chi connectivity index (χ0n) is 11.7. The highest BCUT2D eigenvalue weighted by Crippen LogP contribution is 2.19. The van der Waals surface area contributed by atoms with Crippen molar-refractivity contribution in [3.05, 3.63) is 34.9 Å². The molecule has 94 valence electrons. The van der Waals surface area contributed by atoms with Crippen LogP contribution >= 0.6 is 0 Å². The Kier molecular flexibility index (Phi) is 3.97. The van der Waals surface area contributed by atoms with Crippen LogP contribution in [-0.2, 0) is 0 Å². The van der Waals surface area contributed by atoms with Crippen LogP contribution in [-0.4, -0.2) is 11.9 Å².